The lowest BCUT2D eigenvalue weighted by atomic mass is 9.96. The number of amides is 2. The van der Waals surface area contributed by atoms with Crippen LogP contribution in [0.4, 0.5) is 10.5 Å². The van der Waals surface area contributed by atoms with Gasteiger partial charge in [-0.2, -0.15) is 0 Å². The summed E-state index contributed by atoms with van der Waals surface area (Å²) in [5, 5.41) is 3.16. The number of fused-ring (bicyclic) bond motifs is 1. The van der Waals surface area contributed by atoms with E-state index in [1.165, 1.54) is 32.1 Å². The Morgan fingerprint density at radius 3 is 2.21 bits per heavy atom. The van der Waals surface area contributed by atoms with E-state index < -0.39 is 10.0 Å². The van der Waals surface area contributed by atoms with Crippen molar-refractivity contribution in [2.75, 3.05) is 11.4 Å². The molecule has 1 aromatic rings. The lowest BCUT2D eigenvalue weighted by Gasteiger charge is -2.26. The summed E-state index contributed by atoms with van der Waals surface area (Å²) in [6.07, 6.45) is 12.8. The predicted molar refractivity (Wildman–Crippen MR) is 115 cm³/mol. The minimum Gasteiger partial charge on any atom is -0.335 e. The fourth-order valence-electron chi connectivity index (χ4n) is 4.94. The van der Waals surface area contributed by atoms with Gasteiger partial charge in [-0.1, -0.05) is 44.9 Å². The van der Waals surface area contributed by atoms with Gasteiger partial charge >= 0.3 is 6.03 Å². The number of sulfonamides is 1. The first kappa shape index (κ1) is 20.7. The van der Waals surface area contributed by atoms with Crippen LogP contribution in [0.1, 0.15) is 76.2 Å². The number of urea groups is 1. The molecule has 3 aliphatic rings. The molecule has 2 N–H and O–H groups in total. The SMILES string of the molecule is O=C(NC1CCCCC1)N1CCc2cc(S(=O)(=O)NC3CCCCCC3)ccc21. The Morgan fingerprint density at radius 1 is 0.897 bits per heavy atom. The highest BCUT2D eigenvalue weighted by Gasteiger charge is 2.29. The van der Waals surface area contributed by atoms with Crippen LogP contribution in [-0.2, 0) is 16.4 Å². The number of carbonyl (C=O) groups is 1. The van der Waals surface area contributed by atoms with Crippen molar-refractivity contribution >= 4 is 21.7 Å². The van der Waals surface area contributed by atoms with Crippen molar-refractivity contribution in [2.45, 2.75) is 94.0 Å². The molecular weight excluding hydrogens is 386 g/mol. The highest BCUT2D eigenvalue weighted by atomic mass is 32.2. The first-order valence-electron chi connectivity index (χ1n) is 11.3. The third kappa shape index (κ3) is 4.94. The third-order valence-corrected chi connectivity index (χ3v) is 8.13. The maximum absolute atomic E-state index is 12.9. The second kappa shape index (κ2) is 9.04. The molecule has 0 bridgehead atoms. The van der Waals surface area contributed by atoms with E-state index in [0.717, 1.165) is 49.8 Å². The van der Waals surface area contributed by atoms with Crippen LogP contribution in [-0.4, -0.2) is 33.1 Å². The van der Waals surface area contributed by atoms with Crippen LogP contribution in [0.3, 0.4) is 0 Å². The molecular formula is C22H33N3O3S. The first-order chi connectivity index (χ1) is 14.0. The highest BCUT2D eigenvalue weighted by molar-refractivity contribution is 7.89. The normalized spacial score (nSPS) is 21.6. The van der Waals surface area contributed by atoms with Gasteiger partial charge in [-0.05, 0) is 55.9 Å². The van der Waals surface area contributed by atoms with Crippen molar-refractivity contribution in [3.05, 3.63) is 23.8 Å². The van der Waals surface area contributed by atoms with E-state index in [9.17, 15) is 13.2 Å². The van der Waals surface area contributed by atoms with Gasteiger partial charge in [-0.15, -0.1) is 0 Å². The van der Waals surface area contributed by atoms with Crippen molar-refractivity contribution in [2.24, 2.45) is 0 Å². The average molecular weight is 420 g/mol. The predicted octanol–water partition coefficient (Wildman–Crippen LogP) is 4.09. The van der Waals surface area contributed by atoms with Gasteiger partial charge in [-0.3, -0.25) is 4.90 Å². The summed E-state index contributed by atoms with van der Waals surface area (Å²) >= 11 is 0. The maximum Gasteiger partial charge on any atom is 0.322 e. The molecule has 2 saturated carbocycles. The third-order valence-electron chi connectivity index (χ3n) is 6.61. The molecule has 0 saturated heterocycles. The van der Waals surface area contributed by atoms with E-state index in [4.69, 9.17) is 0 Å². The zero-order valence-electron chi connectivity index (χ0n) is 17.2. The summed E-state index contributed by atoms with van der Waals surface area (Å²) in [4.78, 5) is 14.8. The summed E-state index contributed by atoms with van der Waals surface area (Å²) < 4.78 is 28.7. The first-order valence-corrected chi connectivity index (χ1v) is 12.7. The van der Waals surface area contributed by atoms with Crippen molar-refractivity contribution in [1.82, 2.24) is 10.0 Å². The molecule has 1 aromatic carbocycles. The molecule has 0 atom stereocenters. The molecule has 0 unspecified atom stereocenters. The molecule has 0 spiro atoms. The molecule has 1 heterocycles. The van der Waals surface area contributed by atoms with E-state index in [1.54, 1.807) is 23.1 Å². The van der Waals surface area contributed by atoms with Crippen LogP contribution in [0, 0.1) is 0 Å². The van der Waals surface area contributed by atoms with Crippen LogP contribution < -0.4 is 14.9 Å². The van der Waals surface area contributed by atoms with Crippen LogP contribution >= 0.6 is 0 Å². The van der Waals surface area contributed by atoms with Gasteiger partial charge in [0.2, 0.25) is 10.0 Å². The maximum atomic E-state index is 12.9. The fraction of sp³-hybridized carbons (Fsp3) is 0.682. The van der Waals surface area contributed by atoms with Crippen LogP contribution in [0.5, 0.6) is 0 Å². The van der Waals surface area contributed by atoms with E-state index in [2.05, 4.69) is 10.0 Å². The Hall–Kier alpha value is -1.60. The molecule has 2 aliphatic carbocycles. The molecule has 29 heavy (non-hydrogen) atoms. The van der Waals surface area contributed by atoms with Crippen LogP contribution in [0.15, 0.2) is 23.1 Å². The monoisotopic (exact) mass is 419 g/mol. The number of anilines is 1. The van der Waals surface area contributed by atoms with E-state index in [0.29, 0.717) is 17.9 Å². The zero-order chi connectivity index (χ0) is 20.3. The van der Waals surface area contributed by atoms with Gasteiger partial charge < -0.3 is 5.32 Å². The number of rotatable bonds is 4. The number of carbonyl (C=O) groups excluding carboxylic acids is 1. The number of nitrogens with one attached hydrogen (secondary N) is 2. The summed E-state index contributed by atoms with van der Waals surface area (Å²) in [6.45, 7) is 0.605. The molecule has 1 aliphatic heterocycles. The van der Waals surface area contributed by atoms with Crippen molar-refractivity contribution in [3.8, 4) is 0 Å². The Labute approximate surface area is 174 Å². The van der Waals surface area contributed by atoms with Gasteiger partial charge in [0.15, 0.2) is 0 Å². The minimum absolute atomic E-state index is 0.0357. The van der Waals surface area contributed by atoms with E-state index in [1.807, 2.05) is 0 Å². The van der Waals surface area contributed by atoms with Gasteiger partial charge in [-0.25, -0.2) is 17.9 Å². The minimum atomic E-state index is -3.53. The van der Waals surface area contributed by atoms with Crippen molar-refractivity contribution < 1.29 is 13.2 Å². The Kier molecular flexibility index (Phi) is 6.44. The molecule has 7 heteroatoms. The lowest BCUT2D eigenvalue weighted by molar-refractivity contribution is 0.238. The smallest absolute Gasteiger partial charge is 0.322 e. The molecule has 2 amide bonds. The molecule has 0 radical (unpaired) electrons. The topological polar surface area (TPSA) is 78.5 Å². The van der Waals surface area contributed by atoms with Gasteiger partial charge in [0.1, 0.15) is 0 Å². The molecule has 160 valence electrons. The van der Waals surface area contributed by atoms with E-state index >= 15 is 0 Å². The zero-order valence-corrected chi connectivity index (χ0v) is 18.0. The summed E-state index contributed by atoms with van der Waals surface area (Å²) in [5.41, 5.74) is 1.78. The quantitative estimate of drug-likeness (QED) is 0.722. The fourth-order valence-corrected chi connectivity index (χ4v) is 6.30. The Morgan fingerprint density at radius 2 is 1.52 bits per heavy atom. The lowest BCUT2D eigenvalue weighted by Crippen LogP contribution is -2.45. The van der Waals surface area contributed by atoms with E-state index in [-0.39, 0.29) is 18.1 Å². The summed E-state index contributed by atoms with van der Waals surface area (Å²) in [5.74, 6) is 0. The Balaban J connectivity index is 1.44. The standard InChI is InChI=1S/C22H33N3O3S/c26-22(23-18-8-6-3-7-9-18)25-15-14-17-16-20(12-13-21(17)25)29(27,28)24-19-10-4-1-2-5-11-19/h12-13,16,18-19,24H,1-11,14-15H2,(H,23,26). The number of hydrogen-bond acceptors (Lipinski definition) is 3. The van der Waals surface area contributed by atoms with Gasteiger partial charge in [0, 0.05) is 24.3 Å². The molecule has 0 aromatic heterocycles. The van der Waals surface area contributed by atoms with Crippen molar-refractivity contribution in [1.29, 1.82) is 0 Å². The number of hydrogen-bond donors (Lipinski definition) is 2. The number of nitrogens with zero attached hydrogens (tertiary/aromatic N) is 1. The number of benzene rings is 1. The second-order valence-electron chi connectivity index (χ2n) is 8.79. The summed E-state index contributed by atoms with van der Waals surface area (Å²) in [6, 6.07) is 5.44. The summed E-state index contributed by atoms with van der Waals surface area (Å²) in [7, 11) is -3.53. The molecule has 2 fully saturated rings. The van der Waals surface area contributed by atoms with Gasteiger partial charge in [0.25, 0.3) is 0 Å². The average Bonchev–Trinajstić information content (AvgIpc) is 2.98. The Bertz CT molecular complexity index is 826. The highest BCUT2D eigenvalue weighted by Crippen LogP contribution is 2.31. The van der Waals surface area contributed by atoms with Crippen molar-refractivity contribution in [3.63, 3.8) is 0 Å². The van der Waals surface area contributed by atoms with Gasteiger partial charge in [0.05, 0.1) is 4.90 Å². The van der Waals surface area contributed by atoms with Crippen LogP contribution in [0.25, 0.3) is 0 Å². The van der Waals surface area contributed by atoms with Crippen LogP contribution in [0.2, 0.25) is 0 Å². The molecule has 6 nitrogen and oxygen atoms in total. The largest absolute Gasteiger partial charge is 0.335 e. The second-order valence-corrected chi connectivity index (χ2v) is 10.5. The molecule has 4 rings (SSSR count).